The van der Waals surface area contributed by atoms with Crippen LogP contribution < -0.4 is 10.1 Å². The van der Waals surface area contributed by atoms with Crippen molar-refractivity contribution in [3.8, 4) is 5.75 Å². The molecular formula is C16H22BrClFNO. The molecule has 0 heterocycles. The maximum atomic E-state index is 13.6. The van der Waals surface area contributed by atoms with E-state index in [2.05, 4.69) is 42.0 Å². The van der Waals surface area contributed by atoms with Crippen molar-refractivity contribution in [1.29, 1.82) is 0 Å². The largest absolute Gasteiger partial charge is 0.488 e. The summed E-state index contributed by atoms with van der Waals surface area (Å²) in [6.45, 7) is 7.47. The summed E-state index contributed by atoms with van der Waals surface area (Å²) in [6, 6.07) is 3.38. The zero-order chi connectivity index (χ0) is 15.6. The minimum atomic E-state index is -0.448. The highest BCUT2D eigenvalue weighted by Gasteiger charge is 2.54. The molecule has 1 aromatic rings. The first-order valence-corrected chi connectivity index (χ1v) is 8.70. The van der Waals surface area contributed by atoms with Gasteiger partial charge in [0.2, 0.25) is 0 Å². The van der Waals surface area contributed by atoms with Gasteiger partial charge in [-0.2, -0.15) is 0 Å². The Bertz CT molecular complexity index is 507. The average molecular weight is 379 g/mol. The summed E-state index contributed by atoms with van der Waals surface area (Å²) in [7, 11) is 0. The quantitative estimate of drug-likeness (QED) is 0.689. The summed E-state index contributed by atoms with van der Waals surface area (Å²) in [5.74, 6) is 0.0825. The minimum absolute atomic E-state index is 0.102. The van der Waals surface area contributed by atoms with Crippen LogP contribution in [-0.2, 0) is 0 Å². The first-order chi connectivity index (χ1) is 9.98. The molecular weight excluding hydrogens is 357 g/mol. The highest BCUT2D eigenvalue weighted by Crippen LogP contribution is 2.49. The normalized spacial score (nSPS) is 23.7. The molecule has 2 rings (SSSR count). The molecule has 5 heteroatoms. The minimum Gasteiger partial charge on any atom is -0.488 e. The van der Waals surface area contributed by atoms with Gasteiger partial charge in [0.25, 0.3) is 0 Å². The van der Waals surface area contributed by atoms with Gasteiger partial charge in [-0.05, 0) is 41.4 Å². The zero-order valence-electron chi connectivity index (χ0n) is 12.7. The molecule has 2 atom stereocenters. The smallest absolute Gasteiger partial charge is 0.145 e. The van der Waals surface area contributed by atoms with Crippen LogP contribution in [0.5, 0.6) is 5.75 Å². The lowest BCUT2D eigenvalue weighted by atomic mass is 9.58. The predicted molar refractivity (Wildman–Crippen MR) is 88.6 cm³/mol. The van der Waals surface area contributed by atoms with Gasteiger partial charge in [0, 0.05) is 23.9 Å². The van der Waals surface area contributed by atoms with E-state index < -0.39 is 5.82 Å². The standard InChI is InChI=1S/C16H22BrClFNO/c1-4-16(5-2)14(20-6-3)9-15(16)21-13-8-12(19)11(18)7-10(13)17/h7-8,14-15,20H,4-6,9H2,1-3H3. The van der Waals surface area contributed by atoms with E-state index in [4.69, 9.17) is 16.3 Å². The van der Waals surface area contributed by atoms with Crippen molar-refractivity contribution < 1.29 is 9.13 Å². The Hall–Kier alpha value is -0.320. The molecule has 0 saturated heterocycles. The Morgan fingerprint density at radius 2 is 2.05 bits per heavy atom. The molecule has 118 valence electrons. The maximum absolute atomic E-state index is 13.6. The Morgan fingerprint density at radius 3 is 2.62 bits per heavy atom. The lowest BCUT2D eigenvalue weighted by molar-refractivity contribution is -0.0858. The summed E-state index contributed by atoms with van der Waals surface area (Å²) in [5, 5.41) is 3.64. The van der Waals surface area contributed by atoms with Gasteiger partial charge in [0.15, 0.2) is 0 Å². The molecule has 1 aliphatic rings. The molecule has 21 heavy (non-hydrogen) atoms. The molecule has 1 N–H and O–H groups in total. The van der Waals surface area contributed by atoms with Crippen molar-refractivity contribution in [2.75, 3.05) is 6.54 Å². The predicted octanol–water partition coefficient (Wildman–Crippen LogP) is 5.18. The highest BCUT2D eigenvalue weighted by atomic mass is 79.9. The van der Waals surface area contributed by atoms with Crippen molar-refractivity contribution in [1.82, 2.24) is 5.32 Å². The summed E-state index contributed by atoms with van der Waals surface area (Å²) < 4.78 is 20.4. The monoisotopic (exact) mass is 377 g/mol. The second kappa shape index (κ2) is 6.84. The van der Waals surface area contributed by atoms with Crippen molar-refractivity contribution in [3.05, 3.63) is 27.4 Å². The first kappa shape index (κ1) is 17.0. The third kappa shape index (κ3) is 3.08. The Morgan fingerprint density at radius 1 is 1.38 bits per heavy atom. The van der Waals surface area contributed by atoms with E-state index in [0.29, 0.717) is 16.3 Å². The second-order valence-corrected chi connectivity index (χ2v) is 6.85. The number of benzene rings is 1. The van der Waals surface area contributed by atoms with Gasteiger partial charge in [-0.3, -0.25) is 0 Å². The van der Waals surface area contributed by atoms with Crippen molar-refractivity contribution in [2.45, 2.75) is 52.2 Å². The number of halogens is 3. The molecule has 2 nitrogen and oxygen atoms in total. The van der Waals surface area contributed by atoms with Gasteiger partial charge < -0.3 is 10.1 Å². The fourth-order valence-electron chi connectivity index (χ4n) is 3.39. The number of hydrogen-bond acceptors (Lipinski definition) is 2. The van der Waals surface area contributed by atoms with Gasteiger partial charge in [0.1, 0.15) is 17.7 Å². The van der Waals surface area contributed by atoms with Gasteiger partial charge >= 0.3 is 0 Å². The third-order valence-electron chi connectivity index (χ3n) is 4.80. The van der Waals surface area contributed by atoms with Crippen LogP contribution in [0, 0.1) is 11.2 Å². The average Bonchev–Trinajstić information content (AvgIpc) is 2.44. The molecule has 1 aliphatic carbocycles. The van der Waals surface area contributed by atoms with E-state index >= 15 is 0 Å². The molecule has 1 saturated carbocycles. The van der Waals surface area contributed by atoms with Crippen LogP contribution in [0.2, 0.25) is 5.02 Å². The van der Waals surface area contributed by atoms with Crippen LogP contribution in [0.3, 0.4) is 0 Å². The Labute approximate surface area is 139 Å². The fourth-order valence-corrected chi connectivity index (χ4v) is 4.12. The zero-order valence-corrected chi connectivity index (χ0v) is 15.0. The summed E-state index contributed by atoms with van der Waals surface area (Å²) in [5.41, 5.74) is 0.117. The SMILES string of the molecule is CCNC1CC(Oc2cc(F)c(Cl)cc2Br)C1(CC)CC. The summed E-state index contributed by atoms with van der Waals surface area (Å²) in [4.78, 5) is 0. The van der Waals surface area contributed by atoms with E-state index in [-0.39, 0.29) is 16.5 Å². The number of rotatable bonds is 6. The van der Waals surface area contributed by atoms with Gasteiger partial charge in [-0.1, -0.05) is 32.4 Å². The van der Waals surface area contributed by atoms with Crippen LogP contribution in [0.4, 0.5) is 4.39 Å². The molecule has 2 unspecified atom stereocenters. The van der Waals surface area contributed by atoms with Crippen LogP contribution in [0.25, 0.3) is 0 Å². The molecule has 0 radical (unpaired) electrons. The van der Waals surface area contributed by atoms with Crippen LogP contribution in [-0.4, -0.2) is 18.7 Å². The molecule has 1 aromatic carbocycles. The maximum Gasteiger partial charge on any atom is 0.145 e. The molecule has 0 bridgehead atoms. The summed E-state index contributed by atoms with van der Waals surface area (Å²) in [6.07, 6.45) is 3.14. The van der Waals surface area contributed by atoms with E-state index in [1.165, 1.54) is 6.07 Å². The fraction of sp³-hybridized carbons (Fsp3) is 0.625. The lowest BCUT2D eigenvalue weighted by Crippen LogP contribution is -2.64. The van der Waals surface area contributed by atoms with Crippen molar-refractivity contribution >= 4 is 27.5 Å². The van der Waals surface area contributed by atoms with Gasteiger partial charge in [0.05, 0.1) is 9.50 Å². The van der Waals surface area contributed by atoms with Crippen LogP contribution >= 0.6 is 27.5 Å². The van der Waals surface area contributed by atoms with Crippen molar-refractivity contribution in [3.63, 3.8) is 0 Å². The number of hydrogen-bond donors (Lipinski definition) is 1. The Balaban J connectivity index is 2.18. The molecule has 1 fully saturated rings. The second-order valence-electron chi connectivity index (χ2n) is 5.59. The number of ether oxygens (including phenoxy) is 1. The third-order valence-corrected chi connectivity index (χ3v) is 5.71. The van der Waals surface area contributed by atoms with E-state index in [1.807, 2.05) is 0 Å². The highest BCUT2D eigenvalue weighted by molar-refractivity contribution is 9.10. The number of nitrogens with one attached hydrogen (secondary N) is 1. The van der Waals surface area contributed by atoms with Gasteiger partial charge in [-0.15, -0.1) is 0 Å². The van der Waals surface area contributed by atoms with E-state index in [1.54, 1.807) is 6.07 Å². The lowest BCUT2D eigenvalue weighted by Gasteiger charge is -2.55. The van der Waals surface area contributed by atoms with Crippen LogP contribution in [0.1, 0.15) is 40.0 Å². The van der Waals surface area contributed by atoms with Crippen LogP contribution in [0.15, 0.2) is 16.6 Å². The molecule has 0 spiro atoms. The topological polar surface area (TPSA) is 21.3 Å². The first-order valence-electron chi connectivity index (χ1n) is 7.53. The molecule has 0 amide bonds. The Kier molecular flexibility index (Phi) is 5.55. The van der Waals surface area contributed by atoms with Crippen molar-refractivity contribution in [2.24, 2.45) is 5.41 Å². The van der Waals surface area contributed by atoms with E-state index in [9.17, 15) is 4.39 Å². The molecule has 0 aromatic heterocycles. The van der Waals surface area contributed by atoms with E-state index in [0.717, 1.165) is 25.8 Å². The summed E-state index contributed by atoms with van der Waals surface area (Å²) >= 11 is 9.17. The van der Waals surface area contributed by atoms with Gasteiger partial charge in [-0.25, -0.2) is 4.39 Å². The molecule has 0 aliphatic heterocycles.